The van der Waals surface area contributed by atoms with E-state index in [4.69, 9.17) is 23.7 Å². The maximum Gasteiger partial charge on any atom is 0.161 e. The first-order valence-electron chi connectivity index (χ1n) is 7.55. The second-order valence-electron chi connectivity index (χ2n) is 5.25. The van der Waals surface area contributed by atoms with Gasteiger partial charge in [-0.3, -0.25) is 0 Å². The molecule has 0 saturated carbocycles. The molecule has 0 bridgehead atoms. The number of benzene rings is 2. The summed E-state index contributed by atoms with van der Waals surface area (Å²) in [6.45, 7) is 0. The monoisotopic (exact) mass is 328 g/mol. The standard InChI is InChI=1S/C19H20O5/c1-20-13-10-17(22-3)14-6-8-15(24-18(14)11-13)12-5-7-16(21-2)19(9-12)23-4/h5,7-11H,6H2,1-4H3. The lowest BCUT2D eigenvalue weighted by Crippen LogP contribution is -2.06. The maximum atomic E-state index is 6.08. The molecule has 0 aromatic heterocycles. The van der Waals surface area contributed by atoms with Crippen LogP contribution in [0.3, 0.4) is 0 Å². The predicted octanol–water partition coefficient (Wildman–Crippen LogP) is 3.70. The lowest BCUT2D eigenvalue weighted by Gasteiger charge is -2.21. The third kappa shape index (κ3) is 2.85. The van der Waals surface area contributed by atoms with E-state index in [-0.39, 0.29) is 0 Å². The number of methoxy groups -OCH3 is 4. The molecule has 126 valence electrons. The molecule has 1 aliphatic rings. The average Bonchev–Trinajstić information content (AvgIpc) is 2.65. The third-order valence-corrected chi connectivity index (χ3v) is 3.98. The normalized spacial score (nSPS) is 12.6. The van der Waals surface area contributed by atoms with E-state index in [1.807, 2.05) is 36.4 Å². The first-order chi connectivity index (χ1) is 11.7. The highest BCUT2D eigenvalue weighted by Gasteiger charge is 2.20. The molecule has 0 N–H and O–H groups in total. The lowest BCUT2D eigenvalue weighted by molar-refractivity contribution is 0.354. The summed E-state index contributed by atoms with van der Waals surface area (Å²) < 4.78 is 27.5. The minimum Gasteiger partial charge on any atom is -0.496 e. The fraction of sp³-hybridized carbons (Fsp3) is 0.263. The molecule has 0 atom stereocenters. The van der Waals surface area contributed by atoms with Crippen molar-refractivity contribution in [2.45, 2.75) is 6.42 Å². The van der Waals surface area contributed by atoms with E-state index >= 15 is 0 Å². The van der Waals surface area contributed by atoms with Crippen LogP contribution in [-0.2, 0) is 6.42 Å². The molecule has 0 aliphatic carbocycles. The van der Waals surface area contributed by atoms with Crippen LogP contribution in [0.4, 0.5) is 0 Å². The van der Waals surface area contributed by atoms with Gasteiger partial charge in [0.2, 0.25) is 0 Å². The van der Waals surface area contributed by atoms with Crippen molar-refractivity contribution >= 4 is 5.76 Å². The number of hydrogen-bond acceptors (Lipinski definition) is 5. The van der Waals surface area contributed by atoms with Gasteiger partial charge in [-0.05, 0) is 24.3 Å². The Morgan fingerprint density at radius 3 is 2.21 bits per heavy atom. The van der Waals surface area contributed by atoms with Gasteiger partial charge >= 0.3 is 0 Å². The number of fused-ring (bicyclic) bond motifs is 1. The molecular weight excluding hydrogens is 308 g/mol. The summed E-state index contributed by atoms with van der Waals surface area (Å²) in [6, 6.07) is 9.42. The van der Waals surface area contributed by atoms with Crippen molar-refractivity contribution in [3.63, 3.8) is 0 Å². The van der Waals surface area contributed by atoms with Crippen LogP contribution in [-0.4, -0.2) is 28.4 Å². The molecule has 0 amide bonds. The van der Waals surface area contributed by atoms with Crippen LogP contribution >= 0.6 is 0 Å². The Morgan fingerprint density at radius 1 is 0.792 bits per heavy atom. The summed E-state index contributed by atoms with van der Waals surface area (Å²) in [4.78, 5) is 0. The van der Waals surface area contributed by atoms with E-state index in [0.717, 1.165) is 28.4 Å². The number of ether oxygens (including phenoxy) is 5. The van der Waals surface area contributed by atoms with Gasteiger partial charge in [0.15, 0.2) is 11.5 Å². The Labute approximate surface area is 141 Å². The molecule has 2 aromatic rings. The van der Waals surface area contributed by atoms with Crippen LogP contribution in [0.5, 0.6) is 28.7 Å². The predicted molar refractivity (Wildman–Crippen MR) is 91.4 cm³/mol. The highest BCUT2D eigenvalue weighted by molar-refractivity contribution is 5.69. The van der Waals surface area contributed by atoms with Gasteiger partial charge in [0.1, 0.15) is 23.0 Å². The summed E-state index contributed by atoms with van der Waals surface area (Å²) in [5, 5.41) is 0. The Kier molecular flexibility index (Phi) is 4.51. The molecule has 0 unspecified atom stereocenters. The molecule has 0 radical (unpaired) electrons. The molecule has 5 nitrogen and oxygen atoms in total. The fourth-order valence-electron chi connectivity index (χ4n) is 2.71. The van der Waals surface area contributed by atoms with Crippen LogP contribution in [0.1, 0.15) is 11.1 Å². The Bertz CT molecular complexity index is 780. The molecule has 3 rings (SSSR count). The second-order valence-corrected chi connectivity index (χ2v) is 5.25. The van der Waals surface area contributed by atoms with Crippen molar-refractivity contribution in [2.75, 3.05) is 28.4 Å². The van der Waals surface area contributed by atoms with Gasteiger partial charge in [-0.2, -0.15) is 0 Å². The molecule has 1 aliphatic heterocycles. The lowest BCUT2D eigenvalue weighted by atomic mass is 10.0. The van der Waals surface area contributed by atoms with Gasteiger partial charge in [0.05, 0.1) is 28.4 Å². The second kappa shape index (κ2) is 6.74. The minimum atomic E-state index is 0.661. The summed E-state index contributed by atoms with van der Waals surface area (Å²) in [5.41, 5.74) is 1.92. The average molecular weight is 328 g/mol. The summed E-state index contributed by atoms with van der Waals surface area (Å²) in [7, 11) is 6.49. The maximum absolute atomic E-state index is 6.08. The number of allylic oxidation sites excluding steroid dienone is 1. The van der Waals surface area contributed by atoms with Gasteiger partial charge < -0.3 is 23.7 Å². The van der Waals surface area contributed by atoms with Crippen molar-refractivity contribution in [1.29, 1.82) is 0 Å². The van der Waals surface area contributed by atoms with Gasteiger partial charge in [-0.15, -0.1) is 0 Å². The van der Waals surface area contributed by atoms with Crippen molar-refractivity contribution in [3.05, 3.63) is 47.5 Å². The fourth-order valence-corrected chi connectivity index (χ4v) is 2.71. The highest BCUT2D eigenvalue weighted by atomic mass is 16.5. The third-order valence-electron chi connectivity index (χ3n) is 3.98. The quantitative estimate of drug-likeness (QED) is 0.837. The summed E-state index contributed by atoms with van der Waals surface area (Å²) in [6.07, 6.45) is 2.74. The van der Waals surface area contributed by atoms with Crippen molar-refractivity contribution < 1.29 is 23.7 Å². The molecule has 24 heavy (non-hydrogen) atoms. The zero-order valence-corrected chi connectivity index (χ0v) is 14.2. The minimum absolute atomic E-state index is 0.661. The van der Waals surface area contributed by atoms with Crippen LogP contribution < -0.4 is 23.7 Å². The summed E-state index contributed by atoms with van der Waals surface area (Å²) >= 11 is 0. The van der Waals surface area contributed by atoms with E-state index in [2.05, 4.69) is 0 Å². The molecule has 0 spiro atoms. The van der Waals surface area contributed by atoms with Crippen LogP contribution in [0.25, 0.3) is 5.76 Å². The SMILES string of the molecule is COc1cc(OC)c2c(c1)OC(c1ccc(OC)c(OC)c1)=CC2. The van der Waals surface area contributed by atoms with E-state index < -0.39 is 0 Å². The smallest absolute Gasteiger partial charge is 0.161 e. The van der Waals surface area contributed by atoms with E-state index in [1.165, 1.54) is 0 Å². The Balaban J connectivity index is 1.96. The molecule has 5 heteroatoms. The first kappa shape index (κ1) is 16.1. The molecule has 0 saturated heterocycles. The van der Waals surface area contributed by atoms with E-state index in [0.29, 0.717) is 23.7 Å². The van der Waals surface area contributed by atoms with Gasteiger partial charge in [-0.1, -0.05) is 0 Å². The zero-order chi connectivity index (χ0) is 17.1. The Morgan fingerprint density at radius 2 is 1.54 bits per heavy atom. The highest BCUT2D eigenvalue weighted by Crippen LogP contribution is 2.40. The van der Waals surface area contributed by atoms with Gasteiger partial charge in [-0.25, -0.2) is 0 Å². The molecule has 0 fully saturated rings. The summed E-state index contributed by atoms with van der Waals surface area (Å²) in [5.74, 6) is 4.29. The largest absolute Gasteiger partial charge is 0.496 e. The number of rotatable bonds is 5. The van der Waals surface area contributed by atoms with Crippen molar-refractivity contribution in [2.24, 2.45) is 0 Å². The first-order valence-corrected chi connectivity index (χ1v) is 7.55. The number of hydrogen-bond donors (Lipinski definition) is 0. The molecular formula is C19H20O5. The van der Waals surface area contributed by atoms with Crippen LogP contribution in [0.15, 0.2) is 36.4 Å². The van der Waals surface area contributed by atoms with Crippen molar-refractivity contribution in [3.8, 4) is 28.7 Å². The van der Waals surface area contributed by atoms with Crippen LogP contribution in [0, 0.1) is 0 Å². The van der Waals surface area contributed by atoms with Crippen molar-refractivity contribution in [1.82, 2.24) is 0 Å². The Hall–Kier alpha value is -2.82. The van der Waals surface area contributed by atoms with Gasteiger partial charge in [0, 0.05) is 29.7 Å². The van der Waals surface area contributed by atoms with E-state index in [1.54, 1.807) is 28.4 Å². The molecule has 1 heterocycles. The van der Waals surface area contributed by atoms with Crippen LogP contribution in [0.2, 0.25) is 0 Å². The van der Waals surface area contributed by atoms with Gasteiger partial charge in [0.25, 0.3) is 0 Å². The molecule has 2 aromatic carbocycles. The topological polar surface area (TPSA) is 46.2 Å². The van der Waals surface area contributed by atoms with E-state index in [9.17, 15) is 0 Å². The zero-order valence-electron chi connectivity index (χ0n) is 14.2.